The van der Waals surface area contributed by atoms with Crippen LogP contribution in [0.4, 0.5) is 5.82 Å². The van der Waals surface area contributed by atoms with Crippen LogP contribution < -0.4 is 10.2 Å². The van der Waals surface area contributed by atoms with Gasteiger partial charge in [0, 0.05) is 25.6 Å². The van der Waals surface area contributed by atoms with Crippen molar-refractivity contribution in [2.45, 2.75) is 39.2 Å². The van der Waals surface area contributed by atoms with Gasteiger partial charge in [-0.25, -0.2) is 9.97 Å². The first-order valence-electron chi connectivity index (χ1n) is 7.53. The molecule has 0 bridgehead atoms. The van der Waals surface area contributed by atoms with E-state index in [1.54, 1.807) is 10.9 Å². The van der Waals surface area contributed by atoms with Crippen LogP contribution in [0.1, 0.15) is 33.5 Å². The standard InChI is InChI=1S/C15H22N6O/c1-9-13(22)16-6-7-21(9)12-10-8-17-20(5)11(10)18-14(19-12)15(2,3)4/h8-9H,6-7H2,1-5H3,(H,16,22)/t9-/m1/s1. The van der Waals surface area contributed by atoms with Crippen LogP contribution in [0.5, 0.6) is 0 Å². The lowest BCUT2D eigenvalue weighted by Gasteiger charge is -2.34. The molecule has 0 radical (unpaired) electrons. The number of aryl methyl sites for hydroxylation is 1. The minimum absolute atomic E-state index is 0.0270. The molecule has 1 N–H and O–H groups in total. The Morgan fingerprint density at radius 3 is 2.73 bits per heavy atom. The Hall–Kier alpha value is -2.18. The van der Waals surface area contributed by atoms with Crippen LogP contribution in [0.25, 0.3) is 11.0 Å². The summed E-state index contributed by atoms with van der Waals surface area (Å²) in [6, 6.07) is -0.250. The number of nitrogens with zero attached hydrogens (tertiary/aromatic N) is 5. The van der Waals surface area contributed by atoms with Gasteiger partial charge in [-0.1, -0.05) is 20.8 Å². The van der Waals surface area contributed by atoms with Crippen molar-refractivity contribution in [3.05, 3.63) is 12.0 Å². The molecule has 1 aliphatic rings. The van der Waals surface area contributed by atoms with Crippen LogP contribution in [-0.4, -0.2) is 44.8 Å². The van der Waals surface area contributed by atoms with Crippen molar-refractivity contribution in [1.29, 1.82) is 0 Å². The van der Waals surface area contributed by atoms with Gasteiger partial charge in [0.15, 0.2) is 5.65 Å². The van der Waals surface area contributed by atoms with Crippen LogP contribution in [-0.2, 0) is 17.3 Å². The van der Waals surface area contributed by atoms with E-state index >= 15 is 0 Å². The van der Waals surface area contributed by atoms with Gasteiger partial charge in [-0.2, -0.15) is 5.10 Å². The van der Waals surface area contributed by atoms with Crippen LogP contribution in [0.3, 0.4) is 0 Å². The quantitative estimate of drug-likeness (QED) is 0.850. The summed E-state index contributed by atoms with van der Waals surface area (Å²) < 4.78 is 1.75. The zero-order chi connectivity index (χ0) is 16.1. The molecule has 3 rings (SSSR count). The van der Waals surface area contributed by atoms with Crippen LogP contribution in [0.15, 0.2) is 6.20 Å². The third-order valence-electron chi connectivity index (χ3n) is 4.01. The highest BCUT2D eigenvalue weighted by Crippen LogP contribution is 2.29. The van der Waals surface area contributed by atoms with E-state index in [1.807, 2.05) is 18.9 Å². The minimum Gasteiger partial charge on any atom is -0.353 e. The lowest BCUT2D eigenvalue weighted by Crippen LogP contribution is -2.54. The molecule has 118 valence electrons. The van der Waals surface area contributed by atoms with Crippen molar-refractivity contribution in [3.63, 3.8) is 0 Å². The van der Waals surface area contributed by atoms with E-state index in [1.165, 1.54) is 0 Å². The van der Waals surface area contributed by atoms with Crippen molar-refractivity contribution >= 4 is 22.8 Å². The van der Waals surface area contributed by atoms with E-state index in [-0.39, 0.29) is 17.4 Å². The molecular formula is C15H22N6O. The maximum atomic E-state index is 12.0. The van der Waals surface area contributed by atoms with Crippen molar-refractivity contribution in [3.8, 4) is 0 Å². The molecule has 1 aliphatic heterocycles. The fourth-order valence-electron chi connectivity index (χ4n) is 2.63. The fraction of sp³-hybridized carbons (Fsp3) is 0.600. The maximum Gasteiger partial charge on any atom is 0.242 e. The molecule has 0 unspecified atom stereocenters. The summed E-state index contributed by atoms with van der Waals surface area (Å²) in [7, 11) is 1.87. The van der Waals surface area contributed by atoms with Gasteiger partial charge in [0.2, 0.25) is 5.91 Å². The Balaban J connectivity index is 2.21. The average molecular weight is 302 g/mol. The second kappa shape index (κ2) is 4.93. The molecule has 7 nitrogen and oxygen atoms in total. The van der Waals surface area contributed by atoms with Gasteiger partial charge in [-0.15, -0.1) is 0 Å². The Bertz CT molecular complexity index is 729. The number of piperazine rings is 1. The third-order valence-corrected chi connectivity index (χ3v) is 4.01. The topological polar surface area (TPSA) is 75.9 Å². The number of rotatable bonds is 1. The summed E-state index contributed by atoms with van der Waals surface area (Å²) in [4.78, 5) is 23.5. The summed E-state index contributed by atoms with van der Waals surface area (Å²) in [5.74, 6) is 1.58. The Morgan fingerprint density at radius 2 is 2.05 bits per heavy atom. The second-order valence-corrected chi connectivity index (χ2v) is 6.79. The molecule has 22 heavy (non-hydrogen) atoms. The number of hydrogen-bond donors (Lipinski definition) is 1. The van der Waals surface area contributed by atoms with Crippen LogP contribution >= 0.6 is 0 Å². The average Bonchev–Trinajstić information content (AvgIpc) is 2.82. The lowest BCUT2D eigenvalue weighted by molar-refractivity contribution is -0.122. The molecule has 3 heterocycles. The molecule has 7 heteroatoms. The highest BCUT2D eigenvalue weighted by molar-refractivity contribution is 5.92. The highest BCUT2D eigenvalue weighted by Gasteiger charge is 2.30. The van der Waals surface area contributed by atoms with Gasteiger partial charge in [0.05, 0.1) is 11.6 Å². The minimum atomic E-state index is -0.250. The van der Waals surface area contributed by atoms with Gasteiger partial charge in [-0.05, 0) is 6.92 Å². The van der Waals surface area contributed by atoms with E-state index in [2.05, 4.69) is 36.2 Å². The van der Waals surface area contributed by atoms with Gasteiger partial charge >= 0.3 is 0 Å². The number of anilines is 1. The van der Waals surface area contributed by atoms with E-state index < -0.39 is 0 Å². The number of aromatic nitrogens is 4. The SMILES string of the molecule is C[C@@H]1C(=O)NCCN1c1nc(C(C)(C)C)nc2c1cnn2C. The predicted octanol–water partition coefficient (Wildman–Crippen LogP) is 0.985. The monoisotopic (exact) mass is 302 g/mol. The smallest absolute Gasteiger partial charge is 0.242 e. The van der Waals surface area contributed by atoms with E-state index in [9.17, 15) is 4.79 Å². The van der Waals surface area contributed by atoms with E-state index in [4.69, 9.17) is 4.98 Å². The Labute approximate surface area is 129 Å². The third kappa shape index (κ3) is 2.30. The first kappa shape index (κ1) is 14.7. The summed E-state index contributed by atoms with van der Waals surface area (Å²) >= 11 is 0. The molecule has 1 saturated heterocycles. The number of hydrogen-bond acceptors (Lipinski definition) is 5. The van der Waals surface area contributed by atoms with Crippen molar-refractivity contribution in [2.75, 3.05) is 18.0 Å². The number of amides is 1. The summed E-state index contributed by atoms with van der Waals surface area (Å²) in [5.41, 5.74) is 0.627. The number of carbonyl (C=O) groups excluding carboxylic acids is 1. The first-order chi connectivity index (χ1) is 10.3. The second-order valence-electron chi connectivity index (χ2n) is 6.79. The summed E-state index contributed by atoms with van der Waals surface area (Å²) in [6.07, 6.45) is 1.77. The largest absolute Gasteiger partial charge is 0.353 e. The zero-order valence-corrected chi connectivity index (χ0v) is 13.7. The lowest BCUT2D eigenvalue weighted by atomic mass is 9.95. The highest BCUT2D eigenvalue weighted by atomic mass is 16.2. The van der Waals surface area contributed by atoms with E-state index in [0.717, 1.165) is 29.2 Å². The first-order valence-corrected chi connectivity index (χ1v) is 7.53. The van der Waals surface area contributed by atoms with Gasteiger partial charge < -0.3 is 10.2 Å². The van der Waals surface area contributed by atoms with Crippen LogP contribution in [0, 0.1) is 0 Å². The summed E-state index contributed by atoms with van der Waals surface area (Å²) in [6.45, 7) is 9.51. The molecule has 0 aromatic carbocycles. The van der Waals surface area contributed by atoms with Gasteiger partial charge in [-0.3, -0.25) is 9.48 Å². The van der Waals surface area contributed by atoms with Gasteiger partial charge in [0.1, 0.15) is 17.7 Å². The molecular weight excluding hydrogens is 280 g/mol. The predicted molar refractivity (Wildman–Crippen MR) is 84.8 cm³/mol. The van der Waals surface area contributed by atoms with Gasteiger partial charge in [0.25, 0.3) is 0 Å². The summed E-state index contributed by atoms with van der Waals surface area (Å²) in [5, 5.41) is 8.08. The normalized spacial score (nSPS) is 19.6. The molecule has 1 fully saturated rings. The van der Waals surface area contributed by atoms with Crippen LogP contribution in [0.2, 0.25) is 0 Å². The number of carbonyl (C=O) groups is 1. The molecule has 2 aromatic heterocycles. The Morgan fingerprint density at radius 1 is 1.32 bits per heavy atom. The molecule has 2 aromatic rings. The van der Waals surface area contributed by atoms with Crippen molar-refractivity contribution in [2.24, 2.45) is 7.05 Å². The number of nitrogens with one attached hydrogen (secondary N) is 1. The fourth-order valence-corrected chi connectivity index (χ4v) is 2.63. The maximum absolute atomic E-state index is 12.0. The number of fused-ring (bicyclic) bond motifs is 1. The molecule has 1 amide bonds. The molecule has 0 saturated carbocycles. The van der Waals surface area contributed by atoms with Crippen molar-refractivity contribution < 1.29 is 4.79 Å². The Kier molecular flexibility index (Phi) is 3.30. The van der Waals surface area contributed by atoms with Crippen molar-refractivity contribution in [1.82, 2.24) is 25.1 Å². The zero-order valence-electron chi connectivity index (χ0n) is 13.7. The molecule has 0 aliphatic carbocycles. The molecule has 1 atom stereocenters. The molecule has 0 spiro atoms. The van der Waals surface area contributed by atoms with E-state index in [0.29, 0.717) is 6.54 Å².